The fraction of sp³-hybridized carbons (Fsp3) is 0.889. The smallest absolute Gasteiger partial charge is 0.242 e. The molecule has 0 radical (unpaired) electrons. The van der Waals surface area contributed by atoms with E-state index >= 15 is 0 Å². The maximum atomic E-state index is 11.7. The van der Waals surface area contributed by atoms with Crippen molar-refractivity contribution in [3.63, 3.8) is 0 Å². The van der Waals surface area contributed by atoms with Gasteiger partial charge in [0, 0.05) is 20.1 Å². The van der Waals surface area contributed by atoms with Crippen molar-refractivity contribution in [1.82, 2.24) is 10.2 Å². The third-order valence-electron chi connectivity index (χ3n) is 2.36. The monoisotopic (exact) mass is 170 g/mol. The first kappa shape index (κ1) is 9.52. The van der Waals surface area contributed by atoms with Crippen molar-refractivity contribution in [3.8, 4) is 0 Å². The highest BCUT2D eigenvalue weighted by Gasteiger charge is 2.33. The number of nitrogens with zero attached hydrogens (tertiary/aromatic N) is 1. The first-order valence-electron chi connectivity index (χ1n) is 4.44. The first-order valence-corrected chi connectivity index (χ1v) is 4.44. The van der Waals surface area contributed by atoms with Crippen molar-refractivity contribution in [2.24, 2.45) is 5.92 Å². The van der Waals surface area contributed by atoms with Gasteiger partial charge in [0.15, 0.2) is 0 Å². The second-order valence-corrected chi connectivity index (χ2v) is 4.30. The number of carbonyl (C=O) groups is 1. The van der Waals surface area contributed by atoms with Crippen LogP contribution < -0.4 is 5.32 Å². The summed E-state index contributed by atoms with van der Waals surface area (Å²) in [6, 6.07) is 0. The maximum absolute atomic E-state index is 11.7. The number of hydrogen-bond acceptors (Lipinski definition) is 2. The molecule has 12 heavy (non-hydrogen) atoms. The van der Waals surface area contributed by atoms with Crippen LogP contribution in [0.15, 0.2) is 0 Å². The Labute approximate surface area is 74.1 Å². The van der Waals surface area contributed by atoms with Crippen LogP contribution in [0.5, 0.6) is 0 Å². The number of likely N-dealkylation sites (N-methyl/N-ethyl adjacent to an activating group) is 1. The summed E-state index contributed by atoms with van der Waals surface area (Å²) in [4.78, 5) is 13.5. The lowest BCUT2D eigenvalue weighted by atomic mass is 10.0. The van der Waals surface area contributed by atoms with Gasteiger partial charge in [-0.15, -0.1) is 0 Å². The zero-order valence-electron chi connectivity index (χ0n) is 8.35. The standard InChI is InChI=1S/C9H18N2O/c1-7-5-10-9(2,3)8(12)11(4)6-7/h7,10H,5-6H2,1-4H3. The summed E-state index contributed by atoms with van der Waals surface area (Å²) in [5.41, 5.74) is -0.389. The highest BCUT2D eigenvalue weighted by atomic mass is 16.2. The van der Waals surface area contributed by atoms with Gasteiger partial charge in [0.1, 0.15) is 0 Å². The Hall–Kier alpha value is -0.570. The van der Waals surface area contributed by atoms with Crippen LogP contribution in [0, 0.1) is 5.92 Å². The van der Waals surface area contributed by atoms with E-state index in [0.717, 1.165) is 13.1 Å². The summed E-state index contributed by atoms with van der Waals surface area (Å²) in [6.07, 6.45) is 0. The van der Waals surface area contributed by atoms with Crippen molar-refractivity contribution < 1.29 is 4.79 Å². The third-order valence-corrected chi connectivity index (χ3v) is 2.36. The molecule has 0 aromatic heterocycles. The molecule has 1 fully saturated rings. The molecule has 3 nitrogen and oxygen atoms in total. The minimum Gasteiger partial charge on any atom is -0.344 e. The van der Waals surface area contributed by atoms with Gasteiger partial charge in [-0.25, -0.2) is 0 Å². The lowest BCUT2D eigenvalue weighted by Gasteiger charge is -2.26. The Morgan fingerprint density at radius 1 is 1.58 bits per heavy atom. The first-order chi connectivity index (χ1) is 5.43. The van der Waals surface area contributed by atoms with Crippen LogP contribution in [0.1, 0.15) is 20.8 Å². The van der Waals surface area contributed by atoms with E-state index in [1.807, 2.05) is 25.8 Å². The highest BCUT2D eigenvalue weighted by molar-refractivity contribution is 5.85. The van der Waals surface area contributed by atoms with Gasteiger partial charge in [-0.3, -0.25) is 4.79 Å². The summed E-state index contributed by atoms with van der Waals surface area (Å²) >= 11 is 0. The molecule has 1 atom stereocenters. The SMILES string of the molecule is CC1CNC(C)(C)C(=O)N(C)C1. The molecule has 0 aromatic rings. The number of hydrogen-bond donors (Lipinski definition) is 1. The molecule has 1 saturated heterocycles. The molecule has 0 bridgehead atoms. The second-order valence-electron chi connectivity index (χ2n) is 4.30. The largest absolute Gasteiger partial charge is 0.344 e. The average Bonchev–Trinajstić information content (AvgIpc) is 2.04. The van der Waals surface area contributed by atoms with E-state index in [0.29, 0.717) is 5.92 Å². The minimum absolute atomic E-state index is 0.187. The van der Waals surface area contributed by atoms with E-state index in [1.165, 1.54) is 0 Å². The van der Waals surface area contributed by atoms with Gasteiger partial charge >= 0.3 is 0 Å². The van der Waals surface area contributed by atoms with Crippen LogP contribution in [-0.4, -0.2) is 36.5 Å². The predicted molar refractivity (Wildman–Crippen MR) is 48.9 cm³/mol. The Bertz CT molecular complexity index is 189. The molecule has 0 aliphatic carbocycles. The molecular weight excluding hydrogens is 152 g/mol. The molecule has 0 spiro atoms. The van der Waals surface area contributed by atoms with Crippen molar-refractivity contribution >= 4 is 5.91 Å². The number of nitrogens with one attached hydrogen (secondary N) is 1. The van der Waals surface area contributed by atoms with E-state index < -0.39 is 0 Å². The maximum Gasteiger partial charge on any atom is 0.242 e. The van der Waals surface area contributed by atoms with Gasteiger partial charge in [0.2, 0.25) is 5.91 Å². The molecular formula is C9H18N2O. The summed E-state index contributed by atoms with van der Waals surface area (Å²) in [5, 5.41) is 3.26. The van der Waals surface area contributed by atoms with E-state index in [-0.39, 0.29) is 11.4 Å². The number of rotatable bonds is 0. The van der Waals surface area contributed by atoms with Crippen molar-refractivity contribution in [3.05, 3.63) is 0 Å². The average molecular weight is 170 g/mol. The summed E-state index contributed by atoms with van der Waals surface area (Å²) in [7, 11) is 1.87. The summed E-state index contributed by atoms with van der Waals surface area (Å²) in [5.74, 6) is 0.729. The normalized spacial score (nSPS) is 30.2. The molecule has 1 unspecified atom stereocenters. The van der Waals surface area contributed by atoms with E-state index in [4.69, 9.17) is 0 Å². The van der Waals surface area contributed by atoms with Crippen LogP contribution in [0.2, 0.25) is 0 Å². The van der Waals surface area contributed by atoms with E-state index in [9.17, 15) is 4.79 Å². The topological polar surface area (TPSA) is 32.3 Å². The fourth-order valence-corrected chi connectivity index (χ4v) is 1.60. The van der Waals surface area contributed by atoms with Gasteiger partial charge in [-0.1, -0.05) is 6.92 Å². The van der Waals surface area contributed by atoms with Crippen molar-refractivity contribution in [1.29, 1.82) is 0 Å². The Morgan fingerprint density at radius 2 is 2.17 bits per heavy atom. The predicted octanol–water partition coefficient (Wildman–Crippen LogP) is 0.463. The third kappa shape index (κ3) is 1.78. The fourth-order valence-electron chi connectivity index (χ4n) is 1.60. The molecule has 1 amide bonds. The zero-order chi connectivity index (χ0) is 9.35. The Morgan fingerprint density at radius 3 is 2.75 bits per heavy atom. The van der Waals surface area contributed by atoms with Gasteiger partial charge in [-0.05, 0) is 19.8 Å². The quantitative estimate of drug-likeness (QED) is 0.573. The van der Waals surface area contributed by atoms with Crippen LogP contribution in [0.25, 0.3) is 0 Å². The zero-order valence-corrected chi connectivity index (χ0v) is 8.35. The summed E-state index contributed by atoms with van der Waals surface area (Å²) < 4.78 is 0. The van der Waals surface area contributed by atoms with E-state index in [2.05, 4.69) is 12.2 Å². The molecule has 1 aliphatic heterocycles. The molecule has 1 N–H and O–H groups in total. The van der Waals surface area contributed by atoms with Gasteiger partial charge in [-0.2, -0.15) is 0 Å². The van der Waals surface area contributed by atoms with Crippen LogP contribution in [0.3, 0.4) is 0 Å². The Kier molecular flexibility index (Phi) is 2.42. The number of carbonyl (C=O) groups excluding carboxylic acids is 1. The molecule has 0 saturated carbocycles. The lowest BCUT2D eigenvalue weighted by molar-refractivity contribution is -0.134. The molecule has 3 heteroatoms. The molecule has 1 aliphatic rings. The molecule has 1 heterocycles. The molecule has 0 aromatic carbocycles. The summed E-state index contributed by atoms with van der Waals surface area (Å²) in [6.45, 7) is 7.80. The highest BCUT2D eigenvalue weighted by Crippen LogP contribution is 2.13. The van der Waals surface area contributed by atoms with Crippen molar-refractivity contribution in [2.75, 3.05) is 20.1 Å². The molecule has 70 valence electrons. The minimum atomic E-state index is -0.389. The van der Waals surface area contributed by atoms with Gasteiger partial charge < -0.3 is 10.2 Å². The van der Waals surface area contributed by atoms with Gasteiger partial charge in [0.25, 0.3) is 0 Å². The Balaban J connectivity index is 2.77. The number of amides is 1. The van der Waals surface area contributed by atoms with E-state index in [1.54, 1.807) is 0 Å². The molecule has 1 rings (SSSR count). The van der Waals surface area contributed by atoms with Crippen LogP contribution in [-0.2, 0) is 4.79 Å². The lowest BCUT2D eigenvalue weighted by Crippen LogP contribution is -2.50. The van der Waals surface area contributed by atoms with Crippen LogP contribution in [0.4, 0.5) is 0 Å². The van der Waals surface area contributed by atoms with Crippen molar-refractivity contribution in [2.45, 2.75) is 26.3 Å². The van der Waals surface area contributed by atoms with Crippen LogP contribution >= 0.6 is 0 Å². The van der Waals surface area contributed by atoms with Gasteiger partial charge in [0.05, 0.1) is 5.54 Å². The second kappa shape index (κ2) is 3.05.